The van der Waals surface area contributed by atoms with Gasteiger partial charge in [-0.05, 0) is 103 Å². The molecule has 2 aliphatic rings. The summed E-state index contributed by atoms with van der Waals surface area (Å²) in [7, 11) is 0. The van der Waals surface area contributed by atoms with E-state index in [0.29, 0.717) is 17.5 Å². The molecule has 2 atom stereocenters. The minimum atomic E-state index is -0.861. The molecule has 2 aromatic carbocycles. The van der Waals surface area contributed by atoms with Crippen LogP contribution in [0.5, 0.6) is 0 Å². The van der Waals surface area contributed by atoms with Crippen molar-refractivity contribution in [2.24, 2.45) is 5.92 Å². The second kappa shape index (κ2) is 8.93. The van der Waals surface area contributed by atoms with E-state index < -0.39 is 5.97 Å². The molecule has 0 radical (unpaired) electrons. The molecule has 5 heteroatoms. The van der Waals surface area contributed by atoms with Gasteiger partial charge in [-0.1, -0.05) is 24.3 Å². The number of nitrogens with zero attached hydrogens (tertiary/aromatic N) is 1. The van der Waals surface area contributed by atoms with Gasteiger partial charge in [0.2, 0.25) is 0 Å². The van der Waals surface area contributed by atoms with Crippen molar-refractivity contribution in [1.82, 2.24) is 10.2 Å². The Balaban J connectivity index is 1.17. The number of carboxylic acid groups (broad SMARTS) is 1. The fraction of sp³-hybridized carbons (Fsp3) is 0.435. The molecule has 0 amide bonds. The van der Waals surface area contributed by atoms with Crippen LogP contribution in [-0.4, -0.2) is 41.7 Å². The van der Waals surface area contributed by atoms with E-state index in [1.807, 2.05) is 12.1 Å². The number of halogens is 1. The lowest BCUT2D eigenvalue weighted by molar-refractivity contribution is 0.0697. The largest absolute Gasteiger partial charge is 0.478 e. The zero-order valence-electron chi connectivity index (χ0n) is 16.0. The Morgan fingerprint density at radius 2 is 1.75 bits per heavy atom. The van der Waals surface area contributed by atoms with Crippen LogP contribution in [0.3, 0.4) is 0 Å². The highest BCUT2D eigenvalue weighted by atomic mass is 127. The fourth-order valence-corrected chi connectivity index (χ4v) is 4.54. The van der Waals surface area contributed by atoms with E-state index in [1.165, 1.54) is 34.0 Å². The van der Waals surface area contributed by atoms with Gasteiger partial charge in [-0.15, -0.1) is 0 Å². The van der Waals surface area contributed by atoms with Crippen LogP contribution < -0.4 is 5.32 Å². The summed E-state index contributed by atoms with van der Waals surface area (Å²) in [6.45, 7) is 4.29. The highest BCUT2D eigenvalue weighted by Crippen LogP contribution is 2.41. The van der Waals surface area contributed by atoms with Crippen LogP contribution in [-0.2, 0) is 6.54 Å². The fourth-order valence-electron chi connectivity index (χ4n) is 4.18. The molecule has 0 aromatic heterocycles. The van der Waals surface area contributed by atoms with E-state index in [0.717, 1.165) is 32.1 Å². The van der Waals surface area contributed by atoms with Gasteiger partial charge in [-0.25, -0.2) is 4.79 Å². The topological polar surface area (TPSA) is 52.6 Å². The van der Waals surface area contributed by atoms with Gasteiger partial charge in [-0.2, -0.15) is 0 Å². The third-order valence-corrected chi connectivity index (χ3v) is 6.79. The van der Waals surface area contributed by atoms with Crippen LogP contribution in [0.15, 0.2) is 48.5 Å². The van der Waals surface area contributed by atoms with Crippen molar-refractivity contribution in [3.8, 4) is 0 Å². The van der Waals surface area contributed by atoms with Crippen molar-refractivity contribution in [1.29, 1.82) is 0 Å². The summed E-state index contributed by atoms with van der Waals surface area (Å²) < 4.78 is 1.30. The summed E-state index contributed by atoms with van der Waals surface area (Å²) in [5.41, 5.74) is 3.03. The Bertz CT molecular complexity index is 798. The quantitative estimate of drug-likeness (QED) is 0.567. The van der Waals surface area contributed by atoms with E-state index >= 15 is 0 Å². The van der Waals surface area contributed by atoms with Crippen molar-refractivity contribution in [3.05, 3.63) is 68.8 Å². The van der Waals surface area contributed by atoms with Gasteiger partial charge < -0.3 is 10.4 Å². The molecule has 1 aliphatic heterocycles. The molecule has 0 bridgehead atoms. The minimum absolute atomic E-state index is 0.358. The van der Waals surface area contributed by atoms with Crippen LogP contribution in [0.2, 0.25) is 0 Å². The summed E-state index contributed by atoms with van der Waals surface area (Å²) in [5, 5.41) is 12.8. The number of hydrogen-bond donors (Lipinski definition) is 2. The third-order valence-electron chi connectivity index (χ3n) is 6.07. The Hall–Kier alpha value is -1.44. The molecule has 2 unspecified atom stereocenters. The van der Waals surface area contributed by atoms with Crippen molar-refractivity contribution in [2.45, 2.75) is 37.8 Å². The monoisotopic (exact) mass is 490 g/mol. The maximum atomic E-state index is 10.9. The van der Waals surface area contributed by atoms with E-state index in [4.69, 9.17) is 5.11 Å². The minimum Gasteiger partial charge on any atom is -0.478 e. The molecule has 28 heavy (non-hydrogen) atoms. The first-order valence-electron chi connectivity index (χ1n) is 10.1. The van der Waals surface area contributed by atoms with Crippen molar-refractivity contribution in [3.63, 3.8) is 0 Å². The van der Waals surface area contributed by atoms with Crippen LogP contribution in [0.4, 0.5) is 0 Å². The predicted octanol–water partition coefficient (Wildman–Crippen LogP) is 4.35. The first kappa shape index (κ1) is 19.9. The van der Waals surface area contributed by atoms with E-state index in [-0.39, 0.29) is 0 Å². The predicted molar refractivity (Wildman–Crippen MR) is 120 cm³/mol. The van der Waals surface area contributed by atoms with Crippen LogP contribution in [0.1, 0.15) is 46.7 Å². The summed E-state index contributed by atoms with van der Waals surface area (Å²) in [5.74, 6) is 0.606. The number of nitrogens with one attached hydrogen (secondary N) is 1. The standard InChI is InChI=1S/C23H27IN2O2/c24-20-7-5-18(6-8-20)21-13-22(21)25-14-16-9-11-26(12-10-16)15-17-1-3-19(4-2-17)23(27)28/h1-8,16,21-22,25H,9-15H2,(H,27,28). The summed E-state index contributed by atoms with van der Waals surface area (Å²) >= 11 is 2.36. The first-order chi connectivity index (χ1) is 13.6. The Morgan fingerprint density at radius 3 is 2.39 bits per heavy atom. The molecule has 1 heterocycles. The maximum absolute atomic E-state index is 10.9. The van der Waals surface area contributed by atoms with Gasteiger partial charge in [0.1, 0.15) is 0 Å². The lowest BCUT2D eigenvalue weighted by atomic mass is 9.96. The lowest BCUT2D eigenvalue weighted by Crippen LogP contribution is -2.37. The molecule has 2 aromatic rings. The zero-order valence-corrected chi connectivity index (χ0v) is 18.1. The second-order valence-corrected chi connectivity index (χ2v) is 9.38. The molecular formula is C23H27IN2O2. The number of aromatic carboxylic acids is 1. The highest BCUT2D eigenvalue weighted by Gasteiger charge is 2.38. The number of likely N-dealkylation sites (tertiary alicyclic amines) is 1. The van der Waals surface area contributed by atoms with Gasteiger partial charge in [0, 0.05) is 22.1 Å². The molecule has 1 aliphatic carbocycles. The highest BCUT2D eigenvalue weighted by molar-refractivity contribution is 14.1. The van der Waals surface area contributed by atoms with Crippen molar-refractivity contribution >= 4 is 28.6 Å². The second-order valence-electron chi connectivity index (χ2n) is 8.13. The molecular weight excluding hydrogens is 463 g/mol. The molecule has 1 saturated heterocycles. The van der Waals surface area contributed by atoms with Crippen LogP contribution in [0, 0.1) is 9.49 Å². The summed E-state index contributed by atoms with van der Waals surface area (Å²) in [4.78, 5) is 13.4. The molecule has 4 rings (SSSR count). The van der Waals surface area contributed by atoms with E-state index in [9.17, 15) is 4.79 Å². The number of carbonyl (C=O) groups is 1. The van der Waals surface area contributed by atoms with Gasteiger partial charge in [0.25, 0.3) is 0 Å². The van der Waals surface area contributed by atoms with E-state index in [1.54, 1.807) is 12.1 Å². The molecule has 2 N–H and O–H groups in total. The lowest BCUT2D eigenvalue weighted by Gasteiger charge is -2.32. The average molecular weight is 490 g/mol. The molecule has 148 valence electrons. The number of benzene rings is 2. The summed E-state index contributed by atoms with van der Waals surface area (Å²) in [6.07, 6.45) is 3.74. The molecule has 1 saturated carbocycles. The Morgan fingerprint density at radius 1 is 1.07 bits per heavy atom. The molecule has 2 fully saturated rings. The zero-order chi connectivity index (χ0) is 19.5. The van der Waals surface area contributed by atoms with Crippen molar-refractivity contribution < 1.29 is 9.90 Å². The summed E-state index contributed by atoms with van der Waals surface area (Å²) in [6, 6.07) is 16.9. The SMILES string of the molecule is O=C(O)c1ccc(CN2CCC(CNC3CC3c3ccc(I)cc3)CC2)cc1. The van der Waals surface area contributed by atoms with Gasteiger partial charge in [0.15, 0.2) is 0 Å². The first-order valence-corrected chi connectivity index (χ1v) is 11.2. The maximum Gasteiger partial charge on any atom is 0.335 e. The molecule has 0 spiro atoms. The van der Waals surface area contributed by atoms with Crippen LogP contribution in [0.25, 0.3) is 0 Å². The number of carboxylic acids is 1. The Kier molecular flexibility index (Phi) is 6.33. The smallest absolute Gasteiger partial charge is 0.335 e. The Labute approximate surface area is 180 Å². The van der Waals surface area contributed by atoms with Gasteiger partial charge >= 0.3 is 5.97 Å². The normalized spacial score (nSPS) is 22.9. The third kappa shape index (κ3) is 5.13. The van der Waals surface area contributed by atoms with Gasteiger partial charge in [-0.3, -0.25) is 4.90 Å². The molecule has 4 nitrogen and oxygen atoms in total. The number of rotatable bonds is 7. The van der Waals surface area contributed by atoms with E-state index in [2.05, 4.69) is 57.1 Å². The number of piperidine rings is 1. The van der Waals surface area contributed by atoms with Crippen LogP contribution >= 0.6 is 22.6 Å². The number of hydrogen-bond acceptors (Lipinski definition) is 3. The van der Waals surface area contributed by atoms with Gasteiger partial charge in [0.05, 0.1) is 5.56 Å². The van der Waals surface area contributed by atoms with Crippen molar-refractivity contribution in [2.75, 3.05) is 19.6 Å². The average Bonchev–Trinajstić information content (AvgIpc) is 3.48.